The smallest absolute Gasteiger partial charge is 0.334 e. The third-order valence-corrected chi connectivity index (χ3v) is 9.96. The van der Waals surface area contributed by atoms with Gasteiger partial charge in [-0.05, 0) is 18.8 Å². The zero-order valence-corrected chi connectivity index (χ0v) is 16.2. The highest BCUT2D eigenvalue weighted by molar-refractivity contribution is 5.93. The second-order valence-corrected chi connectivity index (χ2v) is 10.6. The van der Waals surface area contributed by atoms with Crippen molar-refractivity contribution in [2.24, 2.45) is 11.3 Å². The summed E-state index contributed by atoms with van der Waals surface area (Å²) in [4.78, 5) is 12.2. The summed E-state index contributed by atoms with van der Waals surface area (Å²) in [5, 5.41) is 12.1. The molecule has 0 aromatic rings. The Bertz CT molecular complexity index is 937. The first kappa shape index (κ1) is 15.8. The number of esters is 1. The van der Waals surface area contributed by atoms with Crippen molar-refractivity contribution >= 4 is 5.97 Å². The summed E-state index contributed by atoms with van der Waals surface area (Å²) in [5.74, 6) is 0.0244. The molecule has 3 aliphatic carbocycles. The SMILES string of the molecule is CC(C)[C@]12O[C@H]1[C@@H]1OC13C1(O[C@H]1C[C@@]1(O)C4=C(CC[C@]31C)C(=O)OC4)[C@]21CO1. The minimum atomic E-state index is -1.16. The van der Waals surface area contributed by atoms with E-state index in [1.165, 1.54) is 0 Å². The van der Waals surface area contributed by atoms with Gasteiger partial charge in [-0.25, -0.2) is 4.79 Å². The molecule has 5 heterocycles. The predicted octanol–water partition coefficient (Wildman–Crippen LogP) is 0.626. The van der Waals surface area contributed by atoms with Crippen molar-refractivity contribution < 1.29 is 33.6 Å². The summed E-state index contributed by atoms with van der Waals surface area (Å²) in [6.07, 6.45) is 1.49. The average Bonchev–Trinajstić information content (AvgIpc) is 3.47. The highest BCUT2D eigenvalue weighted by atomic mass is 16.8. The first-order chi connectivity index (χ1) is 13.3. The van der Waals surface area contributed by atoms with Gasteiger partial charge in [-0.2, -0.15) is 0 Å². The van der Waals surface area contributed by atoms with E-state index in [-0.39, 0.29) is 36.5 Å². The van der Waals surface area contributed by atoms with Gasteiger partial charge in [-0.3, -0.25) is 0 Å². The van der Waals surface area contributed by atoms with Gasteiger partial charge < -0.3 is 28.8 Å². The van der Waals surface area contributed by atoms with Crippen molar-refractivity contribution in [1.82, 2.24) is 0 Å². The number of hydrogen-bond acceptors (Lipinski definition) is 7. The van der Waals surface area contributed by atoms with Crippen LogP contribution in [0.1, 0.15) is 40.0 Å². The van der Waals surface area contributed by atoms with Crippen molar-refractivity contribution in [2.75, 3.05) is 13.2 Å². The van der Waals surface area contributed by atoms with E-state index in [9.17, 15) is 9.90 Å². The normalized spacial score (nSPS) is 66.3. The summed E-state index contributed by atoms with van der Waals surface area (Å²) in [5.41, 5.74) is -2.31. The zero-order chi connectivity index (χ0) is 19.1. The Morgan fingerprint density at radius 2 is 1.93 bits per heavy atom. The van der Waals surface area contributed by atoms with Gasteiger partial charge in [0.25, 0.3) is 0 Å². The Morgan fingerprint density at radius 1 is 1.14 bits per heavy atom. The average molecular weight is 388 g/mol. The van der Waals surface area contributed by atoms with Crippen LogP contribution in [0.3, 0.4) is 0 Å². The number of ether oxygens (including phenoxy) is 5. The van der Waals surface area contributed by atoms with E-state index in [0.29, 0.717) is 37.4 Å². The standard InChI is InChI=1S/C21H24O7/c1-9(2)19-13(27-19)14-21(28-14)16(3)5-4-10-11(7-24-15(10)22)17(16,23)6-12-20(21,26-12)18(19)8-25-18/h9,12-14,23H,4-8H2,1-3H3/t12-,13-,14-,16-,17+,18-,19-,20?,21?/m0/s1. The maximum absolute atomic E-state index is 12.2. The zero-order valence-electron chi connectivity index (χ0n) is 16.2. The fourth-order valence-corrected chi connectivity index (χ4v) is 8.55. The third kappa shape index (κ3) is 1.07. The molecule has 7 heteroatoms. The maximum Gasteiger partial charge on any atom is 0.334 e. The molecule has 2 saturated carbocycles. The summed E-state index contributed by atoms with van der Waals surface area (Å²) in [7, 11) is 0. The Kier molecular flexibility index (Phi) is 2.11. The van der Waals surface area contributed by atoms with Gasteiger partial charge >= 0.3 is 5.97 Å². The third-order valence-electron chi connectivity index (χ3n) is 9.96. The van der Waals surface area contributed by atoms with E-state index in [0.717, 1.165) is 5.57 Å². The fraction of sp³-hybridized carbons (Fsp3) is 0.857. The Morgan fingerprint density at radius 3 is 2.64 bits per heavy atom. The van der Waals surface area contributed by atoms with E-state index >= 15 is 0 Å². The van der Waals surface area contributed by atoms with Crippen molar-refractivity contribution in [3.05, 3.63) is 11.1 Å². The minimum absolute atomic E-state index is 0.0125. The molecule has 28 heavy (non-hydrogen) atoms. The van der Waals surface area contributed by atoms with E-state index in [1.54, 1.807) is 0 Å². The predicted molar refractivity (Wildman–Crippen MR) is 91.2 cm³/mol. The lowest BCUT2D eigenvalue weighted by atomic mass is 9.43. The van der Waals surface area contributed by atoms with E-state index in [1.807, 2.05) is 0 Å². The first-order valence-corrected chi connectivity index (χ1v) is 10.6. The van der Waals surface area contributed by atoms with Crippen LogP contribution >= 0.6 is 0 Å². The van der Waals surface area contributed by atoms with Crippen molar-refractivity contribution in [1.29, 1.82) is 0 Å². The van der Waals surface area contributed by atoms with Gasteiger partial charge in [0.1, 0.15) is 35.6 Å². The number of rotatable bonds is 1. The molecule has 0 amide bonds. The lowest BCUT2D eigenvalue weighted by Gasteiger charge is -2.57. The molecule has 2 unspecified atom stereocenters. The Hall–Kier alpha value is -0.990. The van der Waals surface area contributed by atoms with Crippen LogP contribution in [0.4, 0.5) is 0 Å². The van der Waals surface area contributed by atoms with Gasteiger partial charge in [0, 0.05) is 23.0 Å². The number of cyclic esters (lactones) is 1. The number of hydrogen-bond donors (Lipinski definition) is 1. The van der Waals surface area contributed by atoms with Crippen molar-refractivity contribution in [3.8, 4) is 0 Å². The van der Waals surface area contributed by atoms with Crippen molar-refractivity contribution in [2.45, 2.75) is 86.4 Å². The van der Waals surface area contributed by atoms with Crippen LogP contribution < -0.4 is 0 Å². The number of aliphatic hydroxyl groups is 1. The number of carbonyl (C=O) groups is 1. The number of carbonyl (C=O) groups excluding carboxylic acids is 1. The molecule has 5 aliphatic heterocycles. The summed E-state index contributed by atoms with van der Waals surface area (Å²) >= 11 is 0. The molecule has 3 spiro atoms. The Balaban J connectivity index is 1.35. The molecule has 7 nitrogen and oxygen atoms in total. The van der Waals surface area contributed by atoms with Crippen LogP contribution in [0.5, 0.6) is 0 Å². The molecule has 8 aliphatic rings. The first-order valence-electron chi connectivity index (χ1n) is 10.6. The summed E-state index contributed by atoms with van der Waals surface area (Å²) < 4.78 is 31.0. The summed E-state index contributed by atoms with van der Waals surface area (Å²) in [6, 6.07) is 0. The molecular weight excluding hydrogens is 364 g/mol. The molecule has 4 saturated heterocycles. The van der Waals surface area contributed by atoms with Crippen LogP contribution in [0.25, 0.3) is 0 Å². The van der Waals surface area contributed by atoms with Crippen LogP contribution in [0, 0.1) is 11.3 Å². The van der Waals surface area contributed by atoms with Crippen LogP contribution in [0.15, 0.2) is 11.1 Å². The largest absolute Gasteiger partial charge is 0.458 e. The lowest BCUT2D eigenvalue weighted by molar-refractivity contribution is -0.154. The van der Waals surface area contributed by atoms with E-state index < -0.39 is 27.8 Å². The van der Waals surface area contributed by atoms with Gasteiger partial charge in [0.2, 0.25) is 0 Å². The van der Waals surface area contributed by atoms with Crippen LogP contribution in [-0.4, -0.2) is 70.6 Å². The molecular formula is C21H24O7. The molecule has 0 bridgehead atoms. The van der Waals surface area contributed by atoms with E-state index in [4.69, 9.17) is 23.7 Å². The second kappa shape index (κ2) is 3.73. The fourth-order valence-electron chi connectivity index (χ4n) is 8.55. The van der Waals surface area contributed by atoms with Gasteiger partial charge in [-0.1, -0.05) is 20.8 Å². The topological polar surface area (TPSA) is 96.6 Å². The van der Waals surface area contributed by atoms with Gasteiger partial charge in [-0.15, -0.1) is 0 Å². The van der Waals surface area contributed by atoms with Gasteiger partial charge in [0.05, 0.1) is 12.7 Å². The minimum Gasteiger partial charge on any atom is -0.458 e. The lowest BCUT2D eigenvalue weighted by Crippen LogP contribution is -2.75. The summed E-state index contributed by atoms with van der Waals surface area (Å²) in [6.45, 7) is 7.30. The monoisotopic (exact) mass is 388 g/mol. The molecule has 1 N–H and O–H groups in total. The molecule has 8 rings (SSSR count). The van der Waals surface area contributed by atoms with Crippen molar-refractivity contribution in [3.63, 3.8) is 0 Å². The molecule has 0 radical (unpaired) electrons. The molecule has 6 fully saturated rings. The quantitative estimate of drug-likeness (QED) is 0.520. The molecule has 0 aromatic heterocycles. The second-order valence-electron chi connectivity index (χ2n) is 10.6. The van der Waals surface area contributed by atoms with E-state index in [2.05, 4.69) is 20.8 Å². The maximum atomic E-state index is 12.2. The molecule has 0 aromatic carbocycles. The number of fused-ring (bicyclic) bond motifs is 5. The van der Waals surface area contributed by atoms with Gasteiger partial charge in [0.15, 0.2) is 11.2 Å². The molecule has 150 valence electrons. The number of epoxide rings is 4. The van der Waals surface area contributed by atoms with Crippen LogP contribution in [0.2, 0.25) is 0 Å². The molecule has 9 atom stereocenters. The Labute approximate surface area is 162 Å². The highest BCUT2D eigenvalue weighted by Crippen LogP contribution is 2.88. The van der Waals surface area contributed by atoms with Crippen LogP contribution in [-0.2, 0) is 28.5 Å². The highest BCUT2D eigenvalue weighted by Gasteiger charge is 3.08.